The van der Waals surface area contributed by atoms with Gasteiger partial charge in [-0.15, -0.1) is 0 Å². The summed E-state index contributed by atoms with van der Waals surface area (Å²) in [6, 6.07) is 3.97. The second kappa shape index (κ2) is 5.54. The standard InChI is InChI=1S/C13H20N6/c14-4-9-17-6-1-7-18(11-10-17)12-3-8-19-13(16-12)2-5-15-19/h2-3,5,8H,1,4,6-7,9-11,14H2. The normalized spacial score (nSPS) is 17.8. The third-order valence-electron chi connectivity index (χ3n) is 3.60. The van der Waals surface area contributed by atoms with Crippen LogP contribution in [0.4, 0.5) is 5.82 Å². The van der Waals surface area contributed by atoms with Gasteiger partial charge < -0.3 is 15.5 Å². The Labute approximate surface area is 112 Å². The van der Waals surface area contributed by atoms with Crippen LogP contribution in [-0.2, 0) is 0 Å². The van der Waals surface area contributed by atoms with E-state index in [-0.39, 0.29) is 0 Å². The largest absolute Gasteiger partial charge is 0.355 e. The zero-order chi connectivity index (χ0) is 13.1. The Bertz CT molecular complexity index is 537. The molecule has 0 spiro atoms. The smallest absolute Gasteiger partial charge is 0.157 e. The number of hydrogen-bond donors (Lipinski definition) is 1. The highest BCUT2D eigenvalue weighted by Gasteiger charge is 2.15. The highest BCUT2D eigenvalue weighted by atomic mass is 15.3. The van der Waals surface area contributed by atoms with Crippen LogP contribution in [0, 0.1) is 0 Å². The second-order valence-electron chi connectivity index (χ2n) is 4.89. The van der Waals surface area contributed by atoms with Gasteiger partial charge in [0, 0.05) is 45.0 Å². The average molecular weight is 260 g/mol. The predicted octanol–water partition coefficient (Wildman–Crippen LogP) is 0.200. The molecular weight excluding hydrogens is 240 g/mol. The minimum Gasteiger partial charge on any atom is -0.355 e. The summed E-state index contributed by atoms with van der Waals surface area (Å²) in [6.07, 6.45) is 4.91. The summed E-state index contributed by atoms with van der Waals surface area (Å²) in [4.78, 5) is 9.43. The van der Waals surface area contributed by atoms with E-state index < -0.39 is 0 Å². The number of hydrogen-bond acceptors (Lipinski definition) is 5. The van der Waals surface area contributed by atoms with Crippen molar-refractivity contribution in [2.24, 2.45) is 5.73 Å². The fourth-order valence-electron chi connectivity index (χ4n) is 2.58. The van der Waals surface area contributed by atoms with Crippen molar-refractivity contribution in [3.05, 3.63) is 24.5 Å². The van der Waals surface area contributed by atoms with Crippen LogP contribution in [0.15, 0.2) is 24.5 Å². The van der Waals surface area contributed by atoms with Gasteiger partial charge >= 0.3 is 0 Å². The van der Waals surface area contributed by atoms with Crippen molar-refractivity contribution in [2.75, 3.05) is 44.2 Å². The molecule has 0 saturated carbocycles. The lowest BCUT2D eigenvalue weighted by Crippen LogP contribution is -2.34. The third-order valence-corrected chi connectivity index (χ3v) is 3.60. The van der Waals surface area contributed by atoms with E-state index in [9.17, 15) is 0 Å². The van der Waals surface area contributed by atoms with Crippen molar-refractivity contribution in [1.29, 1.82) is 0 Å². The molecule has 6 heteroatoms. The van der Waals surface area contributed by atoms with Crippen molar-refractivity contribution in [3.63, 3.8) is 0 Å². The van der Waals surface area contributed by atoms with Gasteiger partial charge in [0.15, 0.2) is 5.65 Å². The van der Waals surface area contributed by atoms with Crippen molar-refractivity contribution in [2.45, 2.75) is 6.42 Å². The molecule has 0 radical (unpaired) electrons. The molecular formula is C13H20N6. The summed E-state index contributed by atoms with van der Waals surface area (Å²) in [7, 11) is 0. The molecule has 1 saturated heterocycles. The molecule has 1 aliphatic rings. The first-order valence-corrected chi connectivity index (χ1v) is 6.84. The average Bonchev–Trinajstić information content (AvgIpc) is 2.77. The molecule has 3 heterocycles. The number of nitrogens with two attached hydrogens (primary N) is 1. The van der Waals surface area contributed by atoms with Crippen LogP contribution in [0.2, 0.25) is 0 Å². The van der Waals surface area contributed by atoms with E-state index in [1.54, 1.807) is 10.7 Å². The van der Waals surface area contributed by atoms with Crippen LogP contribution < -0.4 is 10.6 Å². The van der Waals surface area contributed by atoms with E-state index in [0.29, 0.717) is 0 Å². The quantitative estimate of drug-likeness (QED) is 0.854. The Hall–Kier alpha value is -1.66. The summed E-state index contributed by atoms with van der Waals surface area (Å²) in [5.74, 6) is 1.04. The molecule has 1 fully saturated rings. The van der Waals surface area contributed by atoms with Gasteiger partial charge in [-0.25, -0.2) is 9.50 Å². The lowest BCUT2D eigenvalue weighted by Gasteiger charge is -2.22. The summed E-state index contributed by atoms with van der Waals surface area (Å²) >= 11 is 0. The molecule has 0 atom stereocenters. The van der Waals surface area contributed by atoms with E-state index in [1.165, 1.54) is 0 Å². The molecule has 2 aromatic rings. The SMILES string of the molecule is NCCN1CCCN(c2ccn3nccc3n2)CC1. The topological polar surface area (TPSA) is 62.7 Å². The zero-order valence-corrected chi connectivity index (χ0v) is 11.1. The lowest BCUT2D eigenvalue weighted by atomic mass is 10.3. The zero-order valence-electron chi connectivity index (χ0n) is 11.1. The Balaban J connectivity index is 1.74. The predicted molar refractivity (Wildman–Crippen MR) is 75.3 cm³/mol. The van der Waals surface area contributed by atoms with E-state index >= 15 is 0 Å². The Morgan fingerprint density at radius 3 is 3.00 bits per heavy atom. The number of nitrogens with zero attached hydrogens (tertiary/aromatic N) is 5. The molecule has 102 valence electrons. The first-order chi connectivity index (χ1) is 9.36. The molecule has 0 amide bonds. The van der Waals surface area contributed by atoms with E-state index in [0.717, 1.165) is 57.2 Å². The fraction of sp³-hybridized carbons (Fsp3) is 0.538. The first-order valence-electron chi connectivity index (χ1n) is 6.84. The van der Waals surface area contributed by atoms with Crippen molar-refractivity contribution >= 4 is 11.5 Å². The maximum Gasteiger partial charge on any atom is 0.157 e. The molecule has 19 heavy (non-hydrogen) atoms. The van der Waals surface area contributed by atoms with E-state index in [4.69, 9.17) is 5.73 Å². The molecule has 1 aliphatic heterocycles. The Morgan fingerprint density at radius 1 is 1.16 bits per heavy atom. The van der Waals surface area contributed by atoms with Gasteiger partial charge in [0.05, 0.1) is 6.20 Å². The third kappa shape index (κ3) is 2.69. The maximum absolute atomic E-state index is 5.63. The molecule has 2 aromatic heterocycles. The molecule has 0 unspecified atom stereocenters. The van der Waals surface area contributed by atoms with Crippen molar-refractivity contribution in [3.8, 4) is 0 Å². The first kappa shape index (κ1) is 12.4. The van der Waals surface area contributed by atoms with Crippen molar-refractivity contribution < 1.29 is 0 Å². The molecule has 2 N–H and O–H groups in total. The summed E-state index contributed by atoms with van der Waals surface area (Å²) < 4.78 is 1.79. The van der Waals surface area contributed by atoms with Gasteiger partial charge in [-0.1, -0.05) is 0 Å². The summed E-state index contributed by atoms with van der Waals surface area (Å²) in [5.41, 5.74) is 6.53. The van der Waals surface area contributed by atoms with Gasteiger partial charge in [0.2, 0.25) is 0 Å². The number of aromatic nitrogens is 3. The highest BCUT2D eigenvalue weighted by molar-refractivity contribution is 5.47. The van der Waals surface area contributed by atoms with Crippen molar-refractivity contribution in [1.82, 2.24) is 19.5 Å². The number of rotatable bonds is 3. The molecule has 0 bridgehead atoms. The Kier molecular flexibility index (Phi) is 3.61. The number of anilines is 1. The number of fused-ring (bicyclic) bond motifs is 1. The molecule has 0 aliphatic carbocycles. The van der Waals surface area contributed by atoms with Crippen LogP contribution in [0.25, 0.3) is 5.65 Å². The maximum atomic E-state index is 5.63. The Morgan fingerprint density at radius 2 is 2.11 bits per heavy atom. The highest BCUT2D eigenvalue weighted by Crippen LogP contribution is 2.14. The van der Waals surface area contributed by atoms with E-state index in [1.807, 2.05) is 18.3 Å². The van der Waals surface area contributed by atoms with Crippen LogP contribution >= 0.6 is 0 Å². The van der Waals surface area contributed by atoms with Gasteiger partial charge in [-0.2, -0.15) is 5.10 Å². The van der Waals surface area contributed by atoms with Gasteiger partial charge in [0.1, 0.15) is 5.82 Å². The second-order valence-corrected chi connectivity index (χ2v) is 4.89. The molecule has 0 aromatic carbocycles. The summed E-state index contributed by atoms with van der Waals surface area (Å²) in [5, 5.41) is 4.17. The van der Waals surface area contributed by atoms with Crippen LogP contribution in [0.1, 0.15) is 6.42 Å². The minimum absolute atomic E-state index is 0.736. The fourth-order valence-corrected chi connectivity index (χ4v) is 2.58. The molecule has 6 nitrogen and oxygen atoms in total. The van der Waals surface area contributed by atoms with Gasteiger partial charge in [-0.05, 0) is 19.0 Å². The summed E-state index contributed by atoms with van der Waals surface area (Å²) in [6.45, 7) is 5.98. The van der Waals surface area contributed by atoms with Gasteiger partial charge in [0.25, 0.3) is 0 Å². The monoisotopic (exact) mass is 260 g/mol. The van der Waals surface area contributed by atoms with Crippen LogP contribution in [-0.4, -0.2) is 58.8 Å². The van der Waals surface area contributed by atoms with Crippen LogP contribution in [0.5, 0.6) is 0 Å². The van der Waals surface area contributed by atoms with Crippen LogP contribution in [0.3, 0.4) is 0 Å². The van der Waals surface area contributed by atoms with E-state index in [2.05, 4.69) is 19.9 Å². The molecule has 3 rings (SSSR count). The van der Waals surface area contributed by atoms with Gasteiger partial charge in [-0.3, -0.25) is 0 Å². The lowest BCUT2D eigenvalue weighted by molar-refractivity contribution is 0.302. The minimum atomic E-state index is 0.736.